The van der Waals surface area contributed by atoms with Gasteiger partial charge in [0.25, 0.3) is 0 Å². The molecule has 0 atom stereocenters. The minimum Gasteiger partial charge on any atom is -0.379 e. The van der Waals surface area contributed by atoms with Crippen molar-refractivity contribution in [2.45, 2.75) is 19.9 Å². The molecule has 0 aromatic carbocycles. The first kappa shape index (κ1) is 15.3. The molecule has 2 heterocycles. The molecule has 7 heteroatoms. The molecule has 0 radical (unpaired) electrons. The Morgan fingerprint density at radius 1 is 1.50 bits per heavy atom. The Morgan fingerprint density at radius 3 is 2.90 bits per heavy atom. The van der Waals surface area contributed by atoms with Crippen LogP contribution < -0.4 is 5.32 Å². The number of ether oxygens (including phenoxy) is 1. The van der Waals surface area contributed by atoms with Gasteiger partial charge >= 0.3 is 0 Å². The van der Waals surface area contributed by atoms with Crippen LogP contribution in [0.3, 0.4) is 0 Å². The van der Waals surface area contributed by atoms with Crippen molar-refractivity contribution in [2.75, 3.05) is 39.4 Å². The lowest BCUT2D eigenvalue weighted by Crippen LogP contribution is -2.38. The van der Waals surface area contributed by atoms with E-state index in [1.165, 1.54) is 0 Å². The van der Waals surface area contributed by atoms with Crippen molar-refractivity contribution in [2.24, 2.45) is 0 Å². The smallest absolute Gasteiger partial charge is 0.241 e. The molecule has 1 aromatic heterocycles. The fourth-order valence-corrected chi connectivity index (χ4v) is 2.28. The van der Waals surface area contributed by atoms with E-state index in [0.29, 0.717) is 11.6 Å². The van der Waals surface area contributed by atoms with Crippen molar-refractivity contribution in [1.82, 2.24) is 20.0 Å². The van der Waals surface area contributed by atoms with Crippen molar-refractivity contribution >= 4 is 17.5 Å². The zero-order valence-electron chi connectivity index (χ0n) is 11.8. The van der Waals surface area contributed by atoms with Crippen LogP contribution in [0.1, 0.15) is 12.1 Å². The number of nitrogens with zero attached hydrogens (tertiary/aromatic N) is 3. The van der Waals surface area contributed by atoms with E-state index in [1.54, 1.807) is 10.9 Å². The normalized spacial score (nSPS) is 16.3. The largest absolute Gasteiger partial charge is 0.379 e. The standard InChI is InChI=1S/C13H21ClN4O2/c1-11-12(14)9-18(16-11)10-13(19)15-3-2-4-17-5-7-20-8-6-17/h9H,2-8,10H2,1H3,(H,15,19). The number of aromatic nitrogens is 2. The summed E-state index contributed by atoms with van der Waals surface area (Å²) in [5.74, 6) is -0.0360. The molecule has 0 spiro atoms. The second-order valence-corrected chi connectivity index (χ2v) is 5.32. The number of carbonyl (C=O) groups is 1. The molecule has 0 unspecified atom stereocenters. The lowest BCUT2D eigenvalue weighted by atomic mass is 10.3. The summed E-state index contributed by atoms with van der Waals surface area (Å²) >= 11 is 5.89. The van der Waals surface area contributed by atoms with Gasteiger partial charge in [0.15, 0.2) is 0 Å². The first-order valence-electron chi connectivity index (χ1n) is 6.91. The van der Waals surface area contributed by atoms with Crippen LogP contribution in [0.2, 0.25) is 5.02 Å². The monoisotopic (exact) mass is 300 g/mol. The van der Waals surface area contributed by atoms with Crippen molar-refractivity contribution in [3.05, 3.63) is 16.9 Å². The summed E-state index contributed by atoms with van der Waals surface area (Å²) in [5.41, 5.74) is 0.742. The number of hydrogen-bond donors (Lipinski definition) is 1. The minimum atomic E-state index is -0.0360. The molecule has 6 nitrogen and oxygen atoms in total. The van der Waals surface area contributed by atoms with Crippen LogP contribution in [0.25, 0.3) is 0 Å². The topological polar surface area (TPSA) is 59.4 Å². The van der Waals surface area contributed by atoms with Crippen LogP contribution in [0, 0.1) is 6.92 Å². The Labute approximate surface area is 124 Å². The fourth-order valence-electron chi connectivity index (χ4n) is 2.13. The molecule has 112 valence electrons. The van der Waals surface area contributed by atoms with Gasteiger partial charge in [0, 0.05) is 25.8 Å². The highest BCUT2D eigenvalue weighted by Crippen LogP contribution is 2.11. The molecule has 2 rings (SSSR count). The molecular weight excluding hydrogens is 280 g/mol. The summed E-state index contributed by atoms with van der Waals surface area (Å²) in [6, 6.07) is 0. The molecule has 1 aromatic rings. The first-order valence-corrected chi connectivity index (χ1v) is 7.29. The van der Waals surface area contributed by atoms with E-state index in [9.17, 15) is 4.79 Å². The third-order valence-corrected chi connectivity index (χ3v) is 3.64. The van der Waals surface area contributed by atoms with Gasteiger partial charge in [0.1, 0.15) is 6.54 Å². The van der Waals surface area contributed by atoms with E-state index < -0.39 is 0 Å². The van der Waals surface area contributed by atoms with Crippen LogP contribution in [-0.2, 0) is 16.1 Å². The van der Waals surface area contributed by atoms with Crippen molar-refractivity contribution in [1.29, 1.82) is 0 Å². The lowest BCUT2D eigenvalue weighted by molar-refractivity contribution is -0.121. The van der Waals surface area contributed by atoms with Gasteiger partial charge in [-0.1, -0.05) is 11.6 Å². The lowest BCUT2D eigenvalue weighted by Gasteiger charge is -2.26. The summed E-state index contributed by atoms with van der Waals surface area (Å²) in [4.78, 5) is 14.1. The average Bonchev–Trinajstić information content (AvgIpc) is 2.74. The number of rotatable bonds is 6. The molecule has 20 heavy (non-hydrogen) atoms. The highest BCUT2D eigenvalue weighted by atomic mass is 35.5. The predicted molar refractivity (Wildman–Crippen MR) is 76.9 cm³/mol. The van der Waals surface area contributed by atoms with E-state index in [2.05, 4.69) is 15.3 Å². The quantitative estimate of drug-likeness (QED) is 0.785. The maximum absolute atomic E-state index is 11.7. The van der Waals surface area contributed by atoms with E-state index in [-0.39, 0.29) is 12.5 Å². The number of carbonyl (C=O) groups excluding carboxylic acids is 1. The summed E-state index contributed by atoms with van der Waals surface area (Å²) in [6.45, 7) is 7.31. The third kappa shape index (κ3) is 4.77. The zero-order chi connectivity index (χ0) is 14.4. The maximum Gasteiger partial charge on any atom is 0.241 e. The van der Waals surface area contributed by atoms with Gasteiger partial charge in [0.05, 0.1) is 23.9 Å². The number of morpholine rings is 1. The molecule has 1 N–H and O–H groups in total. The summed E-state index contributed by atoms with van der Waals surface area (Å²) < 4.78 is 6.85. The summed E-state index contributed by atoms with van der Waals surface area (Å²) in [5, 5.41) is 7.64. The van der Waals surface area contributed by atoms with Crippen molar-refractivity contribution < 1.29 is 9.53 Å². The van der Waals surface area contributed by atoms with Gasteiger partial charge in [-0.15, -0.1) is 0 Å². The first-order chi connectivity index (χ1) is 9.65. The van der Waals surface area contributed by atoms with Crippen LogP contribution in [0.15, 0.2) is 6.20 Å². The third-order valence-electron chi connectivity index (χ3n) is 3.27. The Hall–Kier alpha value is -1.11. The van der Waals surface area contributed by atoms with Gasteiger partial charge < -0.3 is 10.1 Å². The van der Waals surface area contributed by atoms with E-state index >= 15 is 0 Å². The fraction of sp³-hybridized carbons (Fsp3) is 0.692. The van der Waals surface area contributed by atoms with Crippen molar-refractivity contribution in [3.63, 3.8) is 0 Å². The number of amides is 1. The highest BCUT2D eigenvalue weighted by molar-refractivity contribution is 6.31. The van der Waals surface area contributed by atoms with E-state index in [4.69, 9.17) is 16.3 Å². The SMILES string of the molecule is Cc1nn(CC(=O)NCCCN2CCOCC2)cc1Cl. The second-order valence-electron chi connectivity index (χ2n) is 4.92. The number of halogens is 1. The van der Waals surface area contributed by atoms with Gasteiger partial charge in [-0.25, -0.2) is 0 Å². The van der Waals surface area contributed by atoms with Gasteiger partial charge in [0.2, 0.25) is 5.91 Å². The molecule has 0 aliphatic carbocycles. The Balaban J connectivity index is 1.60. The number of nitrogens with one attached hydrogen (secondary N) is 1. The molecular formula is C13H21ClN4O2. The predicted octanol–water partition coefficient (Wildman–Crippen LogP) is 0.683. The van der Waals surface area contributed by atoms with Gasteiger partial charge in [-0.3, -0.25) is 14.4 Å². The maximum atomic E-state index is 11.7. The molecule has 1 fully saturated rings. The molecule has 0 bridgehead atoms. The molecule has 0 saturated carbocycles. The van der Waals surface area contributed by atoms with Crippen molar-refractivity contribution in [3.8, 4) is 0 Å². The molecule has 1 saturated heterocycles. The van der Waals surface area contributed by atoms with E-state index in [1.807, 2.05) is 6.92 Å². The summed E-state index contributed by atoms with van der Waals surface area (Å²) in [6.07, 6.45) is 2.62. The van der Waals surface area contributed by atoms with Crippen LogP contribution >= 0.6 is 11.6 Å². The average molecular weight is 301 g/mol. The Bertz CT molecular complexity index is 424. The minimum absolute atomic E-state index is 0.0360. The van der Waals surface area contributed by atoms with Crippen LogP contribution in [0.4, 0.5) is 0 Å². The molecule has 1 aliphatic rings. The van der Waals surface area contributed by atoms with Crippen LogP contribution in [-0.4, -0.2) is 60.0 Å². The number of aryl methyl sites for hydroxylation is 1. The molecule has 1 aliphatic heterocycles. The Morgan fingerprint density at radius 2 is 2.25 bits per heavy atom. The highest BCUT2D eigenvalue weighted by Gasteiger charge is 2.10. The van der Waals surface area contributed by atoms with Gasteiger partial charge in [-0.05, 0) is 19.9 Å². The summed E-state index contributed by atoms with van der Waals surface area (Å²) in [7, 11) is 0. The Kier molecular flexibility index (Phi) is 5.82. The van der Waals surface area contributed by atoms with E-state index in [0.717, 1.165) is 45.0 Å². The zero-order valence-corrected chi connectivity index (χ0v) is 12.5. The molecule has 1 amide bonds. The van der Waals surface area contributed by atoms with Crippen LogP contribution in [0.5, 0.6) is 0 Å². The van der Waals surface area contributed by atoms with Gasteiger partial charge in [-0.2, -0.15) is 5.10 Å². The second kappa shape index (κ2) is 7.61. The number of hydrogen-bond acceptors (Lipinski definition) is 4.